The largest absolute Gasteiger partial charge is 0.255 e. The van der Waals surface area contributed by atoms with Crippen LogP contribution in [0.1, 0.15) is 22.3 Å². The summed E-state index contributed by atoms with van der Waals surface area (Å²) in [7, 11) is 0. The lowest BCUT2D eigenvalue weighted by Gasteiger charge is -2.30. The van der Waals surface area contributed by atoms with Gasteiger partial charge in [-0.25, -0.2) is 0 Å². The molecule has 0 radical (unpaired) electrons. The molecular formula is C43H26N2. The lowest BCUT2D eigenvalue weighted by molar-refractivity contribution is 0.795. The fourth-order valence-corrected chi connectivity index (χ4v) is 8.09. The van der Waals surface area contributed by atoms with Crippen LogP contribution in [0, 0.1) is 0 Å². The zero-order chi connectivity index (χ0) is 29.5. The Morgan fingerprint density at radius 1 is 0.378 bits per heavy atom. The molecule has 2 heteroatoms. The molecule has 2 heterocycles. The van der Waals surface area contributed by atoms with Crippen LogP contribution in [0.3, 0.4) is 0 Å². The van der Waals surface area contributed by atoms with E-state index >= 15 is 0 Å². The fourth-order valence-electron chi connectivity index (χ4n) is 8.09. The van der Waals surface area contributed by atoms with Gasteiger partial charge in [-0.1, -0.05) is 103 Å². The lowest BCUT2D eigenvalue weighted by Crippen LogP contribution is -2.25. The van der Waals surface area contributed by atoms with Gasteiger partial charge in [-0.2, -0.15) is 0 Å². The SMILES string of the molecule is c1ccc(-c2cc(-c3ccc4cc5c(cc4c3)C3(c4ccccc4-c4ccccc43)c3ccc4ccccc4c3-5)ccn2)nc1. The van der Waals surface area contributed by atoms with E-state index in [0.29, 0.717) is 0 Å². The minimum Gasteiger partial charge on any atom is -0.255 e. The van der Waals surface area contributed by atoms with Crippen LogP contribution >= 0.6 is 0 Å². The Kier molecular flexibility index (Phi) is 4.95. The summed E-state index contributed by atoms with van der Waals surface area (Å²) in [5, 5.41) is 5.06. The Labute approximate surface area is 261 Å². The van der Waals surface area contributed by atoms with Gasteiger partial charge >= 0.3 is 0 Å². The molecule has 0 atom stereocenters. The summed E-state index contributed by atoms with van der Waals surface area (Å²) in [5.41, 5.74) is 14.5. The van der Waals surface area contributed by atoms with Crippen molar-refractivity contribution in [2.45, 2.75) is 5.41 Å². The molecule has 0 bridgehead atoms. The van der Waals surface area contributed by atoms with Crippen LogP contribution < -0.4 is 0 Å². The third-order valence-corrected chi connectivity index (χ3v) is 9.96. The number of nitrogens with zero attached hydrogens (tertiary/aromatic N) is 2. The second-order valence-electron chi connectivity index (χ2n) is 12.2. The minimum atomic E-state index is -0.380. The fraction of sp³-hybridized carbons (Fsp3) is 0.0233. The van der Waals surface area contributed by atoms with E-state index in [9.17, 15) is 0 Å². The van der Waals surface area contributed by atoms with Crippen LogP contribution in [-0.2, 0) is 5.41 Å². The number of pyridine rings is 2. The van der Waals surface area contributed by atoms with E-state index in [-0.39, 0.29) is 5.41 Å². The maximum atomic E-state index is 4.62. The van der Waals surface area contributed by atoms with E-state index in [1.165, 1.54) is 71.6 Å². The van der Waals surface area contributed by atoms with Gasteiger partial charge in [-0.15, -0.1) is 0 Å². The highest BCUT2D eigenvalue weighted by Gasteiger charge is 2.52. The van der Waals surface area contributed by atoms with Crippen LogP contribution in [0.5, 0.6) is 0 Å². The Morgan fingerprint density at radius 3 is 1.91 bits per heavy atom. The van der Waals surface area contributed by atoms with Crippen molar-refractivity contribution in [2.24, 2.45) is 0 Å². The monoisotopic (exact) mass is 570 g/mol. The second kappa shape index (κ2) is 9.07. The van der Waals surface area contributed by atoms with Crippen molar-refractivity contribution in [3.63, 3.8) is 0 Å². The molecule has 2 aliphatic rings. The van der Waals surface area contributed by atoms with Gasteiger partial charge in [-0.3, -0.25) is 9.97 Å². The Hall–Kier alpha value is -5.86. The Bertz CT molecular complexity index is 2450. The molecule has 0 fully saturated rings. The molecule has 1 spiro atoms. The van der Waals surface area contributed by atoms with E-state index in [1.54, 1.807) is 0 Å². The topological polar surface area (TPSA) is 25.8 Å². The Balaban J connectivity index is 1.27. The van der Waals surface area contributed by atoms with Gasteiger partial charge in [0.25, 0.3) is 0 Å². The summed E-state index contributed by atoms with van der Waals surface area (Å²) in [6.07, 6.45) is 3.70. The van der Waals surface area contributed by atoms with Crippen molar-refractivity contribution in [3.05, 3.63) is 180 Å². The molecule has 8 aromatic rings. The van der Waals surface area contributed by atoms with Gasteiger partial charge in [0.15, 0.2) is 0 Å². The normalized spacial score (nSPS) is 13.5. The smallest absolute Gasteiger partial charge is 0.0892 e. The summed E-state index contributed by atoms with van der Waals surface area (Å²) in [4.78, 5) is 9.15. The van der Waals surface area contributed by atoms with Gasteiger partial charge in [0.05, 0.1) is 16.8 Å². The highest BCUT2D eigenvalue weighted by Crippen LogP contribution is 2.64. The van der Waals surface area contributed by atoms with E-state index in [4.69, 9.17) is 0 Å². The zero-order valence-electron chi connectivity index (χ0n) is 24.4. The second-order valence-corrected chi connectivity index (χ2v) is 12.2. The van der Waals surface area contributed by atoms with Crippen LogP contribution in [0.25, 0.3) is 66.3 Å². The highest BCUT2D eigenvalue weighted by molar-refractivity contribution is 6.08. The summed E-state index contributed by atoms with van der Waals surface area (Å²) in [6, 6.07) is 53.5. The van der Waals surface area contributed by atoms with Crippen molar-refractivity contribution in [2.75, 3.05) is 0 Å². The molecule has 6 aromatic carbocycles. The number of aromatic nitrogens is 2. The average Bonchev–Trinajstić information content (AvgIpc) is 3.58. The number of rotatable bonds is 2. The third-order valence-electron chi connectivity index (χ3n) is 9.96. The van der Waals surface area contributed by atoms with Crippen molar-refractivity contribution in [1.82, 2.24) is 9.97 Å². The molecule has 0 unspecified atom stereocenters. The van der Waals surface area contributed by atoms with Crippen LogP contribution in [0.2, 0.25) is 0 Å². The molecule has 208 valence electrons. The van der Waals surface area contributed by atoms with Gasteiger partial charge in [-0.05, 0) is 120 Å². The summed E-state index contributed by atoms with van der Waals surface area (Å²) >= 11 is 0. The zero-order valence-corrected chi connectivity index (χ0v) is 24.4. The molecule has 10 rings (SSSR count). The van der Waals surface area contributed by atoms with E-state index in [1.807, 2.05) is 30.6 Å². The number of benzene rings is 6. The highest BCUT2D eigenvalue weighted by atomic mass is 14.8. The first kappa shape index (κ1) is 24.6. The number of hydrogen-bond acceptors (Lipinski definition) is 2. The van der Waals surface area contributed by atoms with E-state index in [0.717, 1.165) is 17.0 Å². The average molecular weight is 571 g/mol. The molecule has 0 N–H and O–H groups in total. The van der Waals surface area contributed by atoms with Crippen LogP contribution in [0.4, 0.5) is 0 Å². The summed E-state index contributed by atoms with van der Waals surface area (Å²) in [6.45, 7) is 0. The van der Waals surface area contributed by atoms with Crippen LogP contribution in [-0.4, -0.2) is 9.97 Å². The number of fused-ring (bicyclic) bond motifs is 13. The molecular weight excluding hydrogens is 544 g/mol. The molecule has 2 nitrogen and oxygen atoms in total. The first-order valence-electron chi connectivity index (χ1n) is 15.5. The maximum absolute atomic E-state index is 4.62. The van der Waals surface area contributed by atoms with Crippen molar-refractivity contribution in [1.29, 1.82) is 0 Å². The lowest BCUT2D eigenvalue weighted by atomic mass is 9.70. The van der Waals surface area contributed by atoms with Gasteiger partial charge in [0, 0.05) is 12.4 Å². The van der Waals surface area contributed by atoms with E-state index in [2.05, 4.69) is 137 Å². The minimum absolute atomic E-state index is 0.380. The molecule has 45 heavy (non-hydrogen) atoms. The Morgan fingerprint density at radius 2 is 1.09 bits per heavy atom. The molecule has 0 saturated heterocycles. The molecule has 2 aromatic heterocycles. The number of hydrogen-bond donors (Lipinski definition) is 0. The third kappa shape index (κ3) is 3.29. The first-order chi connectivity index (χ1) is 22.3. The molecule has 2 aliphatic carbocycles. The predicted molar refractivity (Wildman–Crippen MR) is 184 cm³/mol. The maximum Gasteiger partial charge on any atom is 0.0892 e. The van der Waals surface area contributed by atoms with Crippen molar-refractivity contribution < 1.29 is 0 Å². The predicted octanol–water partition coefficient (Wildman–Crippen LogP) is 10.5. The molecule has 0 saturated carbocycles. The summed E-state index contributed by atoms with van der Waals surface area (Å²) < 4.78 is 0. The standard InChI is InChI=1S/C43H26N2/c1-2-10-32-27(9-1)18-19-38-42(32)35-24-29-17-16-28(30-20-22-45-41(26-30)40-15-7-8-21-44-40)23-31(29)25-39(35)43(38)36-13-5-3-11-33(36)34-12-4-6-14-37(34)43/h1-26H. The van der Waals surface area contributed by atoms with Crippen LogP contribution in [0.15, 0.2) is 158 Å². The molecule has 0 amide bonds. The quantitative estimate of drug-likeness (QED) is 0.207. The van der Waals surface area contributed by atoms with Gasteiger partial charge in [0.2, 0.25) is 0 Å². The van der Waals surface area contributed by atoms with Gasteiger partial charge in [0.1, 0.15) is 0 Å². The molecule has 0 aliphatic heterocycles. The van der Waals surface area contributed by atoms with E-state index < -0.39 is 0 Å². The summed E-state index contributed by atoms with van der Waals surface area (Å²) in [5.74, 6) is 0. The van der Waals surface area contributed by atoms with Crippen molar-refractivity contribution >= 4 is 21.5 Å². The van der Waals surface area contributed by atoms with Crippen molar-refractivity contribution in [3.8, 4) is 44.8 Å². The first-order valence-corrected chi connectivity index (χ1v) is 15.5. The van der Waals surface area contributed by atoms with Gasteiger partial charge < -0.3 is 0 Å².